The van der Waals surface area contributed by atoms with Gasteiger partial charge < -0.3 is 10.4 Å². The Morgan fingerprint density at radius 3 is 2.29 bits per heavy atom. The van der Waals surface area contributed by atoms with Crippen molar-refractivity contribution in [1.29, 1.82) is 0 Å². The quantitative estimate of drug-likeness (QED) is 0.888. The van der Waals surface area contributed by atoms with Crippen molar-refractivity contribution in [2.75, 3.05) is 6.54 Å². The van der Waals surface area contributed by atoms with Gasteiger partial charge in [-0.25, -0.2) is 4.39 Å². The van der Waals surface area contributed by atoms with Gasteiger partial charge in [0.25, 0.3) is 0 Å². The van der Waals surface area contributed by atoms with Crippen molar-refractivity contribution in [3.05, 3.63) is 64.7 Å². The van der Waals surface area contributed by atoms with Crippen LogP contribution < -0.4 is 5.32 Å². The Morgan fingerprint density at radius 1 is 1.14 bits per heavy atom. The zero-order valence-electron chi connectivity index (χ0n) is 12.6. The third-order valence-corrected chi connectivity index (χ3v) is 3.67. The first kappa shape index (κ1) is 15.6. The molecule has 1 heterocycles. The molecule has 0 spiro atoms. The van der Waals surface area contributed by atoms with Crippen LogP contribution in [0.5, 0.6) is 0 Å². The highest BCUT2D eigenvalue weighted by Gasteiger charge is 2.12. The van der Waals surface area contributed by atoms with E-state index < -0.39 is 6.10 Å². The summed E-state index contributed by atoms with van der Waals surface area (Å²) in [6.45, 7) is 5.97. The Bertz CT molecular complexity index is 578. The molecular formula is C17H21FN2O. The fourth-order valence-electron chi connectivity index (χ4n) is 2.34. The van der Waals surface area contributed by atoms with E-state index in [4.69, 9.17) is 0 Å². The fourth-order valence-corrected chi connectivity index (χ4v) is 2.34. The van der Waals surface area contributed by atoms with Gasteiger partial charge in [0.15, 0.2) is 0 Å². The molecule has 0 saturated carbocycles. The second-order valence-corrected chi connectivity index (χ2v) is 5.39. The highest BCUT2D eigenvalue weighted by atomic mass is 19.1. The fraction of sp³-hybridized carbons (Fsp3) is 0.353. The van der Waals surface area contributed by atoms with E-state index in [1.54, 1.807) is 38.4 Å². The summed E-state index contributed by atoms with van der Waals surface area (Å²) in [7, 11) is 0. The third-order valence-electron chi connectivity index (χ3n) is 3.67. The summed E-state index contributed by atoms with van der Waals surface area (Å²) in [5.41, 5.74) is 3.14. The monoisotopic (exact) mass is 288 g/mol. The minimum Gasteiger partial charge on any atom is -0.387 e. The van der Waals surface area contributed by atoms with Gasteiger partial charge in [-0.15, -0.1) is 0 Å². The maximum Gasteiger partial charge on any atom is 0.129 e. The van der Waals surface area contributed by atoms with Crippen LogP contribution in [-0.4, -0.2) is 16.6 Å². The summed E-state index contributed by atoms with van der Waals surface area (Å²) in [5.74, 6) is -0.150. The zero-order valence-corrected chi connectivity index (χ0v) is 12.6. The van der Waals surface area contributed by atoms with E-state index in [9.17, 15) is 9.50 Å². The summed E-state index contributed by atoms with van der Waals surface area (Å²) in [6.07, 6.45) is 2.74. The number of hydrogen-bond acceptors (Lipinski definition) is 3. The molecule has 2 N–H and O–H groups in total. The van der Waals surface area contributed by atoms with E-state index in [1.165, 1.54) is 0 Å². The molecule has 2 rings (SSSR count). The molecule has 2 atom stereocenters. The number of nitrogens with zero attached hydrogens (tertiary/aromatic N) is 1. The molecule has 1 aromatic carbocycles. The van der Waals surface area contributed by atoms with Crippen molar-refractivity contribution in [1.82, 2.24) is 10.3 Å². The van der Waals surface area contributed by atoms with Crippen LogP contribution in [0.4, 0.5) is 4.39 Å². The van der Waals surface area contributed by atoms with Crippen LogP contribution in [0.25, 0.3) is 0 Å². The molecule has 3 nitrogen and oxygen atoms in total. The summed E-state index contributed by atoms with van der Waals surface area (Å²) in [5, 5.41) is 13.4. The van der Waals surface area contributed by atoms with Crippen molar-refractivity contribution in [2.45, 2.75) is 32.9 Å². The van der Waals surface area contributed by atoms with Crippen LogP contribution in [0, 0.1) is 19.7 Å². The van der Waals surface area contributed by atoms with E-state index in [0.717, 1.165) is 11.1 Å². The van der Waals surface area contributed by atoms with E-state index in [1.807, 2.05) is 19.1 Å². The summed E-state index contributed by atoms with van der Waals surface area (Å²) < 4.78 is 13.6. The summed E-state index contributed by atoms with van der Waals surface area (Å²) >= 11 is 0. The number of pyridine rings is 1. The van der Waals surface area contributed by atoms with Crippen LogP contribution in [-0.2, 0) is 0 Å². The molecule has 0 amide bonds. The minimum absolute atomic E-state index is 0.0412. The van der Waals surface area contributed by atoms with Crippen LogP contribution in [0.1, 0.15) is 41.3 Å². The molecule has 0 radical (unpaired) electrons. The number of aryl methyl sites for hydroxylation is 2. The lowest BCUT2D eigenvalue weighted by atomic mass is 10.0. The van der Waals surface area contributed by atoms with Gasteiger partial charge in [0.2, 0.25) is 0 Å². The summed E-state index contributed by atoms with van der Waals surface area (Å²) in [4.78, 5) is 3.93. The van der Waals surface area contributed by atoms with Gasteiger partial charge in [-0.1, -0.05) is 12.1 Å². The van der Waals surface area contributed by atoms with E-state index >= 15 is 0 Å². The first-order valence-electron chi connectivity index (χ1n) is 7.07. The largest absolute Gasteiger partial charge is 0.387 e. The molecule has 2 unspecified atom stereocenters. The van der Waals surface area contributed by atoms with Crippen LogP contribution in [0.15, 0.2) is 36.7 Å². The lowest BCUT2D eigenvalue weighted by molar-refractivity contribution is 0.170. The van der Waals surface area contributed by atoms with Crippen LogP contribution in [0.3, 0.4) is 0 Å². The normalized spacial score (nSPS) is 14.0. The van der Waals surface area contributed by atoms with Gasteiger partial charge in [-0.05, 0) is 55.2 Å². The van der Waals surface area contributed by atoms with Gasteiger partial charge >= 0.3 is 0 Å². The lowest BCUT2D eigenvalue weighted by Gasteiger charge is -2.19. The molecule has 21 heavy (non-hydrogen) atoms. The van der Waals surface area contributed by atoms with Crippen molar-refractivity contribution in [3.63, 3.8) is 0 Å². The Labute approximate surface area is 124 Å². The van der Waals surface area contributed by atoms with Gasteiger partial charge in [-0.3, -0.25) is 4.98 Å². The molecule has 2 aromatic rings. The molecule has 0 aliphatic heterocycles. The molecule has 0 aliphatic carbocycles. The van der Waals surface area contributed by atoms with Crippen molar-refractivity contribution < 1.29 is 9.50 Å². The first-order valence-corrected chi connectivity index (χ1v) is 7.07. The smallest absolute Gasteiger partial charge is 0.129 e. The maximum atomic E-state index is 13.6. The van der Waals surface area contributed by atoms with E-state index in [2.05, 4.69) is 10.3 Å². The number of aliphatic hydroxyl groups excluding tert-OH is 1. The second-order valence-electron chi connectivity index (χ2n) is 5.39. The predicted molar refractivity (Wildman–Crippen MR) is 81.5 cm³/mol. The molecule has 0 bridgehead atoms. The molecule has 1 aromatic heterocycles. The molecule has 0 aliphatic rings. The van der Waals surface area contributed by atoms with Crippen molar-refractivity contribution >= 4 is 0 Å². The Kier molecular flexibility index (Phi) is 5.04. The van der Waals surface area contributed by atoms with Gasteiger partial charge in [0, 0.05) is 25.0 Å². The highest BCUT2D eigenvalue weighted by Crippen LogP contribution is 2.20. The Balaban J connectivity index is 2.00. The number of benzene rings is 1. The molecule has 4 heteroatoms. The Hall–Kier alpha value is -1.78. The van der Waals surface area contributed by atoms with Crippen molar-refractivity contribution in [3.8, 4) is 0 Å². The van der Waals surface area contributed by atoms with E-state index in [-0.39, 0.29) is 11.9 Å². The first-order chi connectivity index (χ1) is 9.99. The van der Waals surface area contributed by atoms with E-state index in [0.29, 0.717) is 17.7 Å². The zero-order chi connectivity index (χ0) is 15.4. The third kappa shape index (κ3) is 3.86. The maximum absolute atomic E-state index is 13.6. The van der Waals surface area contributed by atoms with Gasteiger partial charge in [0.1, 0.15) is 5.82 Å². The molecule has 0 fully saturated rings. The van der Waals surface area contributed by atoms with Crippen LogP contribution in [0.2, 0.25) is 0 Å². The van der Waals surface area contributed by atoms with Crippen LogP contribution >= 0.6 is 0 Å². The second kappa shape index (κ2) is 6.78. The van der Waals surface area contributed by atoms with Gasteiger partial charge in [0.05, 0.1) is 6.10 Å². The number of hydrogen-bond donors (Lipinski definition) is 2. The standard InChI is InChI=1S/C17H21FN2O/c1-11-8-15(9-12(2)17(11)18)13(3)20-10-16(21)14-4-6-19-7-5-14/h4-9,13,16,20-21H,10H2,1-3H3. The average Bonchev–Trinajstić information content (AvgIpc) is 2.50. The topological polar surface area (TPSA) is 45.1 Å². The Morgan fingerprint density at radius 2 is 1.71 bits per heavy atom. The molecular weight excluding hydrogens is 267 g/mol. The number of aromatic nitrogens is 1. The lowest BCUT2D eigenvalue weighted by Crippen LogP contribution is -2.25. The summed E-state index contributed by atoms with van der Waals surface area (Å²) in [6, 6.07) is 7.32. The van der Waals surface area contributed by atoms with Crippen molar-refractivity contribution in [2.24, 2.45) is 0 Å². The average molecular weight is 288 g/mol. The minimum atomic E-state index is -0.585. The van der Waals surface area contributed by atoms with Gasteiger partial charge in [-0.2, -0.15) is 0 Å². The number of halogens is 1. The number of rotatable bonds is 5. The molecule has 0 saturated heterocycles. The predicted octanol–water partition coefficient (Wildman–Crippen LogP) is 3.22. The highest BCUT2D eigenvalue weighted by molar-refractivity contribution is 5.32. The number of nitrogens with one attached hydrogen (secondary N) is 1. The molecule has 112 valence electrons. The SMILES string of the molecule is Cc1cc(C(C)NCC(O)c2ccncc2)cc(C)c1F. The number of aliphatic hydroxyl groups is 1.